The lowest BCUT2D eigenvalue weighted by Gasteiger charge is -2.31. The van der Waals surface area contributed by atoms with E-state index in [0.717, 1.165) is 13.0 Å². The normalized spacial score (nSPS) is 28.8. The minimum absolute atomic E-state index is 0.0532. The maximum Gasteiger partial charge on any atom is 0.404 e. The monoisotopic (exact) mass is 186 g/mol. The number of hydrogen-bond acceptors (Lipinski definition) is 2. The van der Waals surface area contributed by atoms with Crippen LogP contribution in [0.4, 0.5) is 4.79 Å². The molecule has 76 valence electrons. The second-order valence-electron chi connectivity index (χ2n) is 4.64. The van der Waals surface area contributed by atoms with Crippen molar-refractivity contribution in [1.82, 2.24) is 10.6 Å². The second-order valence-corrected chi connectivity index (χ2v) is 4.64. The standard InChI is InChI=1S/C9H18N2O2/c1-9(2,3)7-6(4-5-10-7)11-8(12)13/h6-7,10-11H,4-5H2,1-3H3,(H,12,13). The van der Waals surface area contributed by atoms with Crippen molar-refractivity contribution in [2.75, 3.05) is 6.54 Å². The first-order valence-corrected chi connectivity index (χ1v) is 4.64. The van der Waals surface area contributed by atoms with Crippen molar-refractivity contribution >= 4 is 6.09 Å². The van der Waals surface area contributed by atoms with Gasteiger partial charge in [-0.15, -0.1) is 0 Å². The summed E-state index contributed by atoms with van der Waals surface area (Å²) in [7, 11) is 0. The van der Waals surface area contributed by atoms with Gasteiger partial charge >= 0.3 is 6.09 Å². The van der Waals surface area contributed by atoms with Gasteiger partial charge in [0.1, 0.15) is 0 Å². The van der Waals surface area contributed by atoms with Crippen molar-refractivity contribution in [3.63, 3.8) is 0 Å². The first-order chi connectivity index (χ1) is 5.91. The fourth-order valence-electron chi connectivity index (χ4n) is 1.93. The molecule has 3 N–H and O–H groups in total. The third kappa shape index (κ3) is 2.59. The molecule has 0 bridgehead atoms. The maximum absolute atomic E-state index is 10.5. The summed E-state index contributed by atoms with van der Waals surface area (Å²) in [5.41, 5.74) is 0.101. The molecular weight excluding hydrogens is 168 g/mol. The zero-order chi connectivity index (χ0) is 10.1. The average Bonchev–Trinajstić information content (AvgIpc) is 2.31. The molecule has 0 saturated carbocycles. The number of nitrogens with one attached hydrogen (secondary N) is 2. The number of carbonyl (C=O) groups is 1. The lowest BCUT2D eigenvalue weighted by molar-refractivity contribution is 0.180. The summed E-state index contributed by atoms with van der Waals surface area (Å²) in [5.74, 6) is 0. The molecule has 4 nitrogen and oxygen atoms in total. The van der Waals surface area contributed by atoms with Crippen LogP contribution in [0.15, 0.2) is 0 Å². The van der Waals surface area contributed by atoms with E-state index in [1.54, 1.807) is 0 Å². The van der Waals surface area contributed by atoms with Crippen molar-refractivity contribution in [3.8, 4) is 0 Å². The van der Waals surface area contributed by atoms with Crippen LogP contribution in [0.25, 0.3) is 0 Å². The van der Waals surface area contributed by atoms with Gasteiger partial charge in [-0.2, -0.15) is 0 Å². The zero-order valence-electron chi connectivity index (χ0n) is 8.42. The summed E-state index contributed by atoms with van der Waals surface area (Å²) in [6.07, 6.45) is -0.0447. The van der Waals surface area contributed by atoms with E-state index in [-0.39, 0.29) is 17.5 Å². The molecule has 1 heterocycles. The molecule has 4 heteroatoms. The Balaban J connectivity index is 2.59. The lowest BCUT2D eigenvalue weighted by atomic mass is 9.83. The Hall–Kier alpha value is -0.770. The zero-order valence-corrected chi connectivity index (χ0v) is 8.42. The molecule has 1 rings (SSSR count). The molecule has 0 spiro atoms. The van der Waals surface area contributed by atoms with E-state index in [9.17, 15) is 4.79 Å². The fourth-order valence-corrected chi connectivity index (χ4v) is 1.93. The highest BCUT2D eigenvalue weighted by Gasteiger charge is 2.36. The maximum atomic E-state index is 10.5. The molecule has 0 aromatic rings. The second kappa shape index (κ2) is 3.54. The van der Waals surface area contributed by atoms with E-state index in [1.807, 2.05) is 0 Å². The van der Waals surface area contributed by atoms with Crippen LogP contribution in [0.3, 0.4) is 0 Å². The summed E-state index contributed by atoms with van der Waals surface area (Å²) in [6.45, 7) is 7.25. The number of amides is 1. The number of carboxylic acid groups (broad SMARTS) is 1. The van der Waals surface area contributed by atoms with Crippen LogP contribution in [-0.2, 0) is 0 Å². The highest BCUT2D eigenvalue weighted by Crippen LogP contribution is 2.26. The molecule has 13 heavy (non-hydrogen) atoms. The summed E-state index contributed by atoms with van der Waals surface area (Å²) in [5, 5.41) is 14.5. The topological polar surface area (TPSA) is 61.4 Å². The van der Waals surface area contributed by atoms with Gasteiger partial charge in [-0.3, -0.25) is 0 Å². The molecule has 1 amide bonds. The lowest BCUT2D eigenvalue weighted by Crippen LogP contribution is -2.49. The predicted molar refractivity (Wildman–Crippen MR) is 50.8 cm³/mol. The van der Waals surface area contributed by atoms with Crippen molar-refractivity contribution < 1.29 is 9.90 Å². The van der Waals surface area contributed by atoms with Crippen LogP contribution >= 0.6 is 0 Å². The van der Waals surface area contributed by atoms with Crippen LogP contribution in [-0.4, -0.2) is 29.8 Å². The molecule has 2 unspecified atom stereocenters. The van der Waals surface area contributed by atoms with Gasteiger partial charge < -0.3 is 15.7 Å². The third-order valence-electron chi connectivity index (χ3n) is 2.46. The Morgan fingerprint density at radius 2 is 2.15 bits per heavy atom. The van der Waals surface area contributed by atoms with E-state index in [1.165, 1.54) is 0 Å². The largest absolute Gasteiger partial charge is 0.465 e. The van der Waals surface area contributed by atoms with E-state index >= 15 is 0 Å². The van der Waals surface area contributed by atoms with Crippen LogP contribution < -0.4 is 10.6 Å². The fraction of sp³-hybridized carbons (Fsp3) is 0.889. The molecular formula is C9H18N2O2. The van der Waals surface area contributed by atoms with Crippen LogP contribution in [0, 0.1) is 5.41 Å². The van der Waals surface area contributed by atoms with Gasteiger partial charge in [0, 0.05) is 12.1 Å². The number of rotatable bonds is 1. The van der Waals surface area contributed by atoms with Gasteiger partial charge in [0.25, 0.3) is 0 Å². The van der Waals surface area contributed by atoms with Gasteiger partial charge in [-0.25, -0.2) is 4.79 Å². The van der Waals surface area contributed by atoms with Crippen LogP contribution in [0.1, 0.15) is 27.2 Å². The molecule has 0 aromatic carbocycles. The first kappa shape index (κ1) is 10.3. The highest BCUT2D eigenvalue weighted by molar-refractivity contribution is 5.65. The third-order valence-corrected chi connectivity index (χ3v) is 2.46. The molecule has 0 aliphatic carbocycles. The summed E-state index contributed by atoms with van der Waals surface area (Å²) < 4.78 is 0. The summed E-state index contributed by atoms with van der Waals surface area (Å²) >= 11 is 0. The highest BCUT2D eigenvalue weighted by atomic mass is 16.4. The van der Waals surface area contributed by atoms with E-state index in [0.29, 0.717) is 0 Å². The van der Waals surface area contributed by atoms with Crippen molar-refractivity contribution in [2.45, 2.75) is 39.3 Å². The van der Waals surface area contributed by atoms with E-state index in [4.69, 9.17) is 5.11 Å². The van der Waals surface area contributed by atoms with Crippen molar-refractivity contribution in [1.29, 1.82) is 0 Å². The van der Waals surface area contributed by atoms with E-state index < -0.39 is 6.09 Å². The molecule has 1 saturated heterocycles. The first-order valence-electron chi connectivity index (χ1n) is 4.64. The smallest absolute Gasteiger partial charge is 0.404 e. The molecule has 1 aliphatic heterocycles. The SMILES string of the molecule is CC(C)(C)C1NCCC1NC(=O)O. The molecule has 0 radical (unpaired) electrons. The minimum atomic E-state index is -0.928. The Bertz CT molecular complexity index is 198. The summed E-state index contributed by atoms with van der Waals surface area (Å²) in [6, 6.07) is 0.293. The Kier molecular flexibility index (Phi) is 2.81. The minimum Gasteiger partial charge on any atom is -0.465 e. The molecule has 1 aliphatic rings. The van der Waals surface area contributed by atoms with Crippen molar-refractivity contribution in [2.24, 2.45) is 5.41 Å². The van der Waals surface area contributed by atoms with Crippen LogP contribution in [0.5, 0.6) is 0 Å². The van der Waals surface area contributed by atoms with Gasteiger partial charge in [0.05, 0.1) is 0 Å². The van der Waals surface area contributed by atoms with Crippen LogP contribution in [0.2, 0.25) is 0 Å². The Morgan fingerprint density at radius 1 is 1.54 bits per heavy atom. The van der Waals surface area contributed by atoms with Gasteiger partial charge in [-0.1, -0.05) is 20.8 Å². The van der Waals surface area contributed by atoms with E-state index in [2.05, 4.69) is 31.4 Å². The van der Waals surface area contributed by atoms with Gasteiger partial charge in [-0.05, 0) is 18.4 Å². The summed E-state index contributed by atoms with van der Waals surface area (Å²) in [4.78, 5) is 10.5. The molecule has 2 atom stereocenters. The predicted octanol–water partition coefficient (Wildman–Crippen LogP) is 1.03. The van der Waals surface area contributed by atoms with Gasteiger partial charge in [0.2, 0.25) is 0 Å². The molecule has 0 aromatic heterocycles. The molecule has 1 fully saturated rings. The quantitative estimate of drug-likeness (QED) is 0.573. The Morgan fingerprint density at radius 3 is 2.62 bits per heavy atom. The Labute approximate surface area is 78.7 Å². The van der Waals surface area contributed by atoms with Crippen molar-refractivity contribution in [3.05, 3.63) is 0 Å². The van der Waals surface area contributed by atoms with Gasteiger partial charge in [0.15, 0.2) is 0 Å². The average molecular weight is 186 g/mol. The number of hydrogen-bond donors (Lipinski definition) is 3.